The third-order valence-electron chi connectivity index (χ3n) is 4.44. The van der Waals surface area contributed by atoms with Gasteiger partial charge in [-0.15, -0.1) is 0 Å². The molecule has 1 saturated heterocycles. The second kappa shape index (κ2) is 11.4. The molecule has 1 aromatic carbocycles. The molecule has 7 nitrogen and oxygen atoms in total. The molecule has 0 saturated carbocycles. The third-order valence-corrected chi connectivity index (χ3v) is 4.78. The Labute approximate surface area is 170 Å². The lowest BCUT2D eigenvalue weighted by Gasteiger charge is -2.36. The average molecular weight is 406 g/mol. The van der Waals surface area contributed by atoms with E-state index >= 15 is 0 Å². The van der Waals surface area contributed by atoms with E-state index in [-0.39, 0.29) is 29.8 Å². The van der Waals surface area contributed by atoms with Crippen molar-refractivity contribution in [2.75, 3.05) is 19.7 Å². The molecule has 1 fully saturated rings. The molecule has 2 rings (SSSR count). The Morgan fingerprint density at radius 3 is 2.79 bits per heavy atom. The number of esters is 1. The summed E-state index contributed by atoms with van der Waals surface area (Å²) >= 11 is 5.33. The van der Waals surface area contributed by atoms with Gasteiger partial charge in [0.2, 0.25) is 11.8 Å². The molecule has 0 unspecified atom stereocenters. The molecule has 1 aliphatic rings. The molecule has 28 heavy (non-hydrogen) atoms. The number of hydrogen-bond acceptors (Lipinski definition) is 5. The molecular weight excluding hydrogens is 378 g/mol. The fourth-order valence-electron chi connectivity index (χ4n) is 2.86. The number of rotatable bonds is 8. The fraction of sp³-hybridized carbons (Fsp3) is 0.500. The lowest BCUT2D eigenvalue weighted by Crippen LogP contribution is -2.60. The highest BCUT2D eigenvalue weighted by molar-refractivity contribution is 7.80. The predicted molar refractivity (Wildman–Crippen MR) is 109 cm³/mol. The number of benzene rings is 1. The van der Waals surface area contributed by atoms with E-state index in [2.05, 4.69) is 10.6 Å². The summed E-state index contributed by atoms with van der Waals surface area (Å²) in [6.45, 7) is 3.17. The van der Waals surface area contributed by atoms with E-state index < -0.39 is 12.0 Å². The molecule has 0 aromatic heterocycles. The van der Waals surface area contributed by atoms with Gasteiger partial charge in [-0.1, -0.05) is 43.7 Å². The monoisotopic (exact) mass is 405 g/mol. The third kappa shape index (κ3) is 6.92. The number of amides is 2. The van der Waals surface area contributed by atoms with Crippen molar-refractivity contribution in [3.63, 3.8) is 0 Å². The first-order valence-corrected chi connectivity index (χ1v) is 9.99. The van der Waals surface area contributed by atoms with Gasteiger partial charge in [-0.05, 0) is 30.6 Å². The number of aryl methyl sites for hydroxylation is 1. The van der Waals surface area contributed by atoms with Crippen LogP contribution in [-0.4, -0.2) is 53.5 Å². The molecule has 2 N–H and O–H groups in total. The average Bonchev–Trinajstić information content (AvgIpc) is 2.69. The standard InChI is InChI=1S/C20H27N3O4S/c1-2-3-13-27-18(25)14-16-19(26)21-11-12-23(16)20(28)22-17(24)10-9-15-7-5-4-6-8-15/h4-8,16H,2-3,9-14H2,1H3,(H,21,26)(H,22,24,28)/t16-/m1/s1. The number of carbonyl (C=O) groups excluding carboxylic acids is 3. The first-order chi connectivity index (χ1) is 13.5. The van der Waals surface area contributed by atoms with Gasteiger partial charge in [0.1, 0.15) is 6.04 Å². The minimum Gasteiger partial charge on any atom is -0.466 e. The Morgan fingerprint density at radius 1 is 1.32 bits per heavy atom. The molecule has 0 radical (unpaired) electrons. The molecule has 0 spiro atoms. The van der Waals surface area contributed by atoms with Gasteiger partial charge >= 0.3 is 5.97 Å². The van der Waals surface area contributed by atoms with Crippen molar-refractivity contribution in [1.82, 2.24) is 15.5 Å². The number of nitrogens with one attached hydrogen (secondary N) is 2. The minimum absolute atomic E-state index is 0.102. The van der Waals surface area contributed by atoms with E-state index in [9.17, 15) is 14.4 Å². The Balaban J connectivity index is 1.88. The maximum Gasteiger partial charge on any atom is 0.308 e. The van der Waals surface area contributed by atoms with Crippen molar-refractivity contribution >= 4 is 35.1 Å². The molecule has 0 aliphatic carbocycles. The van der Waals surface area contributed by atoms with Crippen molar-refractivity contribution in [2.45, 2.75) is 45.1 Å². The maximum atomic E-state index is 12.2. The molecule has 8 heteroatoms. The molecular formula is C20H27N3O4S. The van der Waals surface area contributed by atoms with Crippen LogP contribution in [0.5, 0.6) is 0 Å². The normalized spacial score (nSPS) is 16.2. The van der Waals surface area contributed by atoms with E-state index in [1.54, 1.807) is 4.90 Å². The number of unbranched alkanes of at least 4 members (excludes halogenated alkanes) is 1. The smallest absolute Gasteiger partial charge is 0.308 e. The van der Waals surface area contributed by atoms with E-state index in [4.69, 9.17) is 17.0 Å². The topological polar surface area (TPSA) is 87.7 Å². The van der Waals surface area contributed by atoms with Gasteiger partial charge in [0, 0.05) is 19.5 Å². The SMILES string of the molecule is CCCCOC(=O)C[C@@H]1C(=O)NCCN1C(=S)NC(=O)CCc1ccccc1. The van der Waals surface area contributed by atoms with Crippen LogP contribution in [0.1, 0.15) is 38.2 Å². The number of piperazine rings is 1. The van der Waals surface area contributed by atoms with Gasteiger partial charge in [-0.3, -0.25) is 14.4 Å². The number of carbonyl (C=O) groups is 3. The van der Waals surface area contributed by atoms with Crippen molar-refractivity contribution in [3.05, 3.63) is 35.9 Å². The van der Waals surface area contributed by atoms with Crippen LogP contribution in [-0.2, 0) is 25.5 Å². The van der Waals surface area contributed by atoms with Crippen LogP contribution in [0.3, 0.4) is 0 Å². The zero-order chi connectivity index (χ0) is 20.4. The van der Waals surface area contributed by atoms with Gasteiger partial charge in [-0.2, -0.15) is 0 Å². The van der Waals surface area contributed by atoms with Gasteiger partial charge in [0.15, 0.2) is 5.11 Å². The van der Waals surface area contributed by atoms with Crippen LogP contribution < -0.4 is 10.6 Å². The zero-order valence-corrected chi connectivity index (χ0v) is 16.9. The molecule has 1 heterocycles. The first-order valence-electron chi connectivity index (χ1n) is 9.59. The Bertz CT molecular complexity index is 696. The fourth-order valence-corrected chi connectivity index (χ4v) is 3.20. The lowest BCUT2D eigenvalue weighted by molar-refractivity contribution is -0.147. The number of hydrogen-bond donors (Lipinski definition) is 2. The summed E-state index contributed by atoms with van der Waals surface area (Å²) in [7, 11) is 0. The largest absolute Gasteiger partial charge is 0.466 e. The molecule has 1 aromatic rings. The van der Waals surface area contributed by atoms with Gasteiger partial charge in [0.05, 0.1) is 13.0 Å². The highest BCUT2D eigenvalue weighted by Crippen LogP contribution is 2.11. The van der Waals surface area contributed by atoms with Crippen LogP contribution in [0.15, 0.2) is 30.3 Å². The van der Waals surface area contributed by atoms with Gasteiger partial charge < -0.3 is 20.3 Å². The zero-order valence-electron chi connectivity index (χ0n) is 16.1. The Kier molecular flexibility index (Phi) is 8.87. The second-order valence-electron chi connectivity index (χ2n) is 6.62. The Hall–Kier alpha value is -2.48. The highest BCUT2D eigenvalue weighted by Gasteiger charge is 2.34. The van der Waals surface area contributed by atoms with Crippen molar-refractivity contribution in [3.8, 4) is 0 Å². The van der Waals surface area contributed by atoms with Crippen LogP contribution in [0, 0.1) is 0 Å². The molecule has 0 bridgehead atoms. The lowest BCUT2D eigenvalue weighted by atomic mass is 10.1. The molecule has 1 aliphatic heterocycles. The molecule has 2 amide bonds. The van der Waals surface area contributed by atoms with Crippen LogP contribution in [0.25, 0.3) is 0 Å². The maximum absolute atomic E-state index is 12.2. The van der Waals surface area contributed by atoms with Crippen molar-refractivity contribution in [1.29, 1.82) is 0 Å². The summed E-state index contributed by atoms with van der Waals surface area (Å²) in [5.41, 5.74) is 1.06. The van der Waals surface area contributed by atoms with Crippen LogP contribution in [0.2, 0.25) is 0 Å². The second-order valence-corrected chi connectivity index (χ2v) is 7.00. The van der Waals surface area contributed by atoms with Gasteiger partial charge in [0.25, 0.3) is 0 Å². The molecule has 152 valence electrons. The minimum atomic E-state index is -0.773. The summed E-state index contributed by atoms with van der Waals surface area (Å²) in [6.07, 6.45) is 2.48. The summed E-state index contributed by atoms with van der Waals surface area (Å²) in [6, 6.07) is 8.92. The highest BCUT2D eigenvalue weighted by atomic mass is 32.1. The van der Waals surface area contributed by atoms with Gasteiger partial charge in [-0.25, -0.2) is 0 Å². The van der Waals surface area contributed by atoms with Crippen molar-refractivity contribution < 1.29 is 19.1 Å². The predicted octanol–water partition coefficient (Wildman–Crippen LogP) is 1.55. The number of thiocarbonyl (C=S) groups is 1. The summed E-state index contributed by atoms with van der Waals surface area (Å²) in [4.78, 5) is 38.1. The van der Waals surface area contributed by atoms with Crippen molar-refractivity contribution in [2.24, 2.45) is 0 Å². The van der Waals surface area contributed by atoms with Crippen LogP contribution in [0.4, 0.5) is 0 Å². The summed E-state index contributed by atoms with van der Waals surface area (Å²) in [5, 5.41) is 5.58. The van der Waals surface area contributed by atoms with Crippen LogP contribution >= 0.6 is 12.2 Å². The van der Waals surface area contributed by atoms with E-state index in [1.807, 2.05) is 37.3 Å². The van der Waals surface area contributed by atoms with E-state index in [1.165, 1.54) is 0 Å². The summed E-state index contributed by atoms with van der Waals surface area (Å²) < 4.78 is 5.15. The molecule has 1 atom stereocenters. The summed E-state index contributed by atoms with van der Waals surface area (Å²) in [5.74, 6) is -0.956. The Morgan fingerprint density at radius 2 is 2.07 bits per heavy atom. The van der Waals surface area contributed by atoms with E-state index in [0.717, 1.165) is 18.4 Å². The number of ether oxygens (including phenoxy) is 1. The number of nitrogens with zero attached hydrogens (tertiary/aromatic N) is 1. The quantitative estimate of drug-likeness (QED) is 0.388. The van der Waals surface area contributed by atoms with E-state index in [0.29, 0.717) is 26.1 Å². The first kappa shape index (κ1) is 21.8.